The van der Waals surface area contributed by atoms with Crippen molar-refractivity contribution in [2.24, 2.45) is 0 Å². The molecule has 0 spiro atoms. The lowest BCUT2D eigenvalue weighted by atomic mass is 10.3. The molecule has 18 heavy (non-hydrogen) atoms. The van der Waals surface area contributed by atoms with Crippen molar-refractivity contribution in [2.75, 3.05) is 0 Å². The molecule has 2 heterocycles. The molecular weight excluding hydrogens is 275 g/mol. The Kier molecular flexibility index (Phi) is 5.19. The number of halogens is 2. The fourth-order valence-electron chi connectivity index (χ4n) is 1.21. The molecule has 4 nitrogen and oxygen atoms in total. The van der Waals surface area contributed by atoms with Crippen LogP contribution in [0.5, 0.6) is 0 Å². The molecule has 0 aliphatic carbocycles. The van der Waals surface area contributed by atoms with Crippen LogP contribution in [-0.4, -0.2) is 0 Å². The summed E-state index contributed by atoms with van der Waals surface area (Å²) in [4.78, 5) is 0. The molecule has 0 aromatic carbocycles. The van der Waals surface area contributed by atoms with Crippen LogP contribution in [0.2, 0.25) is 10.2 Å². The standard InChI is InChI=1S/C6H5Cl2NO.C6H7NO/c1-4-2-5(7)6(8)9(10)3-4;1-6-3-2-4-7(8)5-6/h2-3H,1H3;2-5H,1H3. The van der Waals surface area contributed by atoms with Gasteiger partial charge in [-0.05, 0) is 37.6 Å². The van der Waals surface area contributed by atoms with E-state index in [-0.39, 0.29) is 10.2 Å². The molecule has 0 saturated heterocycles. The lowest BCUT2D eigenvalue weighted by Crippen LogP contribution is -2.27. The Morgan fingerprint density at radius 2 is 1.72 bits per heavy atom. The Morgan fingerprint density at radius 1 is 1.06 bits per heavy atom. The van der Waals surface area contributed by atoms with Gasteiger partial charge in [-0.15, -0.1) is 0 Å². The molecule has 96 valence electrons. The number of rotatable bonds is 0. The van der Waals surface area contributed by atoms with E-state index in [0.717, 1.165) is 15.9 Å². The molecular formula is C12H12Cl2N2O2. The first-order valence-corrected chi connectivity index (χ1v) is 5.86. The van der Waals surface area contributed by atoms with Gasteiger partial charge in [0.25, 0.3) is 0 Å². The quantitative estimate of drug-likeness (QED) is 0.425. The Morgan fingerprint density at radius 3 is 2.17 bits per heavy atom. The summed E-state index contributed by atoms with van der Waals surface area (Å²) < 4.78 is 1.33. The van der Waals surface area contributed by atoms with Gasteiger partial charge in [-0.2, -0.15) is 9.46 Å². The van der Waals surface area contributed by atoms with E-state index in [4.69, 9.17) is 23.2 Å². The Labute approximate surface area is 115 Å². The van der Waals surface area contributed by atoms with E-state index in [1.165, 1.54) is 18.6 Å². The normalized spacial score (nSPS) is 9.56. The summed E-state index contributed by atoms with van der Waals surface area (Å²) in [5, 5.41) is 21.5. The van der Waals surface area contributed by atoms with E-state index in [1.54, 1.807) is 19.1 Å². The van der Waals surface area contributed by atoms with Gasteiger partial charge in [0, 0.05) is 17.2 Å². The third-order valence-electron chi connectivity index (χ3n) is 1.99. The van der Waals surface area contributed by atoms with Crippen LogP contribution >= 0.6 is 23.2 Å². The molecule has 0 saturated carbocycles. The average molecular weight is 287 g/mol. The molecule has 2 rings (SSSR count). The number of hydrogen-bond donors (Lipinski definition) is 0. The fourth-order valence-corrected chi connectivity index (χ4v) is 1.57. The molecule has 0 bridgehead atoms. The lowest BCUT2D eigenvalue weighted by Gasteiger charge is -1.99. The van der Waals surface area contributed by atoms with Crippen molar-refractivity contribution in [1.29, 1.82) is 0 Å². The molecule has 6 heteroatoms. The molecule has 0 unspecified atom stereocenters. The zero-order chi connectivity index (χ0) is 13.7. The molecule has 2 aromatic heterocycles. The van der Waals surface area contributed by atoms with Gasteiger partial charge in [-0.3, -0.25) is 0 Å². The van der Waals surface area contributed by atoms with Crippen molar-refractivity contribution >= 4 is 23.2 Å². The van der Waals surface area contributed by atoms with Gasteiger partial charge < -0.3 is 10.4 Å². The van der Waals surface area contributed by atoms with Crippen LogP contribution in [-0.2, 0) is 0 Å². The number of aryl methyl sites for hydroxylation is 2. The third-order valence-corrected chi connectivity index (χ3v) is 2.74. The highest BCUT2D eigenvalue weighted by atomic mass is 35.5. The predicted octanol–water partition coefficient (Wildman–Crippen LogP) is 2.56. The van der Waals surface area contributed by atoms with Gasteiger partial charge in [0.05, 0.1) is 0 Å². The van der Waals surface area contributed by atoms with Crippen LogP contribution in [0.4, 0.5) is 0 Å². The number of nitrogens with zero attached hydrogens (tertiary/aromatic N) is 2. The molecule has 0 fully saturated rings. The van der Waals surface area contributed by atoms with E-state index < -0.39 is 0 Å². The van der Waals surface area contributed by atoms with Gasteiger partial charge in [0.15, 0.2) is 18.6 Å². The summed E-state index contributed by atoms with van der Waals surface area (Å²) in [6, 6.07) is 5.25. The minimum atomic E-state index is 0.0206. The zero-order valence-electron chi connectivity index (χ0n) is 9.93. The third kappa shape index (κ3) is 4.39. The van der Waals surface area contributed by atoms with Gasteiger partial charge in [-0.1, -0.05) is 11.6 Å². The van der Waals surface area contributed by atoms with E-state index in [0.29, 0.717) is 4.73 Å². The Balaban J connectivity index is 0.000000184. The first kappa shape index (κ1) is 14.5. The average Bonchev–Trinajstić information content (AvgIpc) is 2.26. The zero-order valence-corrected chi connectivity index (χ0v) is 11.4. The summed E-state index contributed by atoms with van der Waals surface area (Å²) in [6.07, 6.45) is 4.36. The Bertz CT molecular complexity index is 507. The smallest absolute Gasteiger partial charge is 0.305 e. The van der Waals surface area contributed by atoms with Gasteiger partial charge in [0.2, 0.25) is 0 Å². The summed E-state index contributed by atoms with van der Waals surface area (Å²) in [5.41, 5.74) is 1.78. The highest BCUT2D eigenvalue weighted by Crippen LogP contribution is 2.17. The van der Waals surface area contributed by atoms with Crippen molar-refractivity contribution in [3.8, 4) is 0 Å². The second-order valence-corrected chi connectivity index (χ2v) is 4.49. The van der Waals surface area contributed by atoms with Gasteiger partial charge >= 0.3 is 5.15 Å². The van der Waals surface area contributed by atoms with Crippen LogP contribution < -0.4 is 9.46 Å². The lowest BCUT2D eigenvalue weighted by molar-refractivity contribution is -0.605. The minimum absolute atomic E-state index is 0.0206. The number of pyridine rings is 2. The summed E-state index contributed by atoms with van der Waals surface area (Å²) >= 11 is 11.0. The summed E-state index contributed by atoms with van der Waals surface area (Å²) in [7, 11) is 0. The van der Waals surface area contributed by atoms with Crippen molar-refractivity contribution < 1.29 is 9.46 Å². The van der Waals surface area contributed by atoms with Crippen molar-refractivity contribution in [3.05, 3.63) is 68.5 Å². The maximum Gasteiger partial charge on any atom is 0.305 e. The van der Waals surface area contributed by atoms with Crippen LogP contribution in [0.3, 0.4) is 0 Å². The molecule has 0 amide bonds. The van der Waals surface area contributed by atoms with Crippen LogP contribution in [0.1, 0.15) is 11.1 Å². The highest BCUT2D eigenvalue weighted by Gasteiger charge is 2.07. The molecule has 0 atom stereocenters. The topological polar surface area (TPSA) is 53.9 Å². The van der Waals surface area contributed by atoms with E-state index in [1.807, 2.05) is 13.0 Å². The van der Waals surface area contributed by atoms with E-state index >= 15 is 0 Å². The monoisotopic (exact) mass is 286 g/mol. The maximum atomic E-state index is 10.8. The molecule has 0 radical (unpaired) electrons. The van der Waals surface area contributed by atoms with Crippen LogP contribution in [0.25, 0.3) is 0 Å². The second-order valence-electron chi connectivity index (χ2n) is 3.72. The molecule has 0 aliphatic heterocycles. The van der Waals surface area contributed by atoms with Crippen molar-refractivity contribution in [1.82, 2.24) is 0 Å². The first-order valence-electron chi connectivity index (χ1n) is 5.10. The van der Waals surface area contributed by atoms with Crippen LogP contribution in [0.15, 0.2) is 36.8 Å². The SMILES string of the molecule is Cc1cc(Cl)c(Cl)[n+]([O-])c1.Cc1ccc[n+]([O-])c1. The van der Waals surface area contributed by atoms with Gasteiger partial charge in [0.1, 0.15) is 5.02 Å². The Hall–Kier alpha value is -1.52. The van der Waals surface area contributed by atoms with Crippen molar-refractivity contribution in [2.45, 2.75) is 13.8 Å². The molecule has 0 N–H and O–H groups in total. The minimum Gasteiger partial charge on any atom is -0.619 e. The molecule has 2 aromatic rings. The largest absolute Gasteiger partial charge is 0.619 e. The summed E-state index contributed by atoms with van der Waals surface area (Å²) in [6.45, 7) is 3.66. The van der Waals surface area contributed by atoms with Crippen LogP contribution in [0, 0.1) is 24.3 Å². The van der Waals surface area contributed by atoms with Gasteiger partial charge in [-0.25, -0.2) is 0 Å². The highest BCUT2D eigenvalue weighted by molar-refractivity contribution is 6.40. The molecule has 0 aliphatic rings. The van der Waals surface area contributed by atoms with E-state index in [9.17, 15) is 10.4 Å². The number of hydrogen-bond acceptors (Lipinski definition) is 2. The summed E-state index contributed by atoms with van der Waals surface area (Å²) in [5.74, 6) is 0. The van der Waals surface area contributed by atoms with E-state index in [2.05, 4.69) is 0 Å². The first-order chi connectivity index (χ1) is 8.40. The predicted molar refractivity (Wildman–Crippen MR) is 70.3 cm³/mol. The second kappa shape index (κ2) is 6.42. The van der Waals surface area contributed by atoms with Crippen molar-refractivity contribution in [3.63, 3.8) is 0 Å². The maximum absolute atomic E-state index is 10.8. The number of aromatic nitrogens is 2. The fraction of sp³-hybridized carbons (Fsp3) is 0.167.